The minimum atomic E-state index is -0.0592. The number of allylic oxidation sites excluding steroid dienone is 1. The number of hydrogen-bond acceptors (Lipinski definition) is 7. The van der Waals surface area contributed by atoms with Crippen molar-refractivity contribution in [3.8, 4) is 5.75 Å². The van der Waals surface area contributed by atoms with Gasteiger partial charge in [0.15, 0.2) is 12.1 Å². The summed E-state index contributed by atoms with van der Waals surface area (Å²) < 4.78 is 11.6. The van der Waals surface area contributed by atoms with Crippen LogP contribution in [0.1, 0.15) is 19.4 Å². The quantitative estimate of drug-likeness (QED) is 0.835. The third-order valence-electron chi connectivity index (χ3n) is 4.64. The van der Waals surface area contributed by atoms with E-state index in [9.17, 15) is 0 Å². The Labute approximate surface area is 152 Å². The second kappa shape index (κ2) is 6.74. The number of rotatable bonds is 3. The highest BCUT2D eigenvalue weighted by Crippen LogP contribution is 2.33. The van der Waals surface area contributed by atoms with Crippen LogP contribution in [0.3, 0.4) is 0 Å². The number of methoxy groups -OCH3 is 1. The molecule has 7 heteroatoms. The first kappa shape index (κ1) is 16.5. The summed E-state index contributed by atoms with van der Waals surface area (Å²) in [6, 6.07) is 6.03. The molecule has 0 bridgehead atoms. The molecule has 136 valence electrons. The zero-order chi connectivity index (χ0) is 18.1. The van der Waals surface area contributed by atoms with Crippen molar-refractivity contribution in [2.45, 2.75) is 20.1 Å². The standard InChI is InChI=1S/C19H22N4O3/c1-13-6-7-22(12-20-13)16-5-4-15(10-18(16)24-3)17-11-19-21-26-14(2)23(19)8-9-25-17/h4-6,10-12,14H,7-9H2,1-3H3. The van der Waals surface area contributed by atoms with E-state index < -0.39 is 0 Å². The number of anilines is 1. The van der Waals surface area contributed by atoms with Gasteiger partial charge in [-0.3, -0.25) is 0 Å². The number of aliphatic imine (C=N–C) groups is 1. The minimum Gasteiger partial charge on any atom is -0.495 e. The summed E-state index contributed by atoms with van der Waals surface area (Å²) >= 11 is 0. The maximum Gasteiger partial charge on any atom is 0.198 e. The van der Waals surface area contributed by atoms with Gasteiger partial charge in [-0.25, -0.2) is 4.99 Å². The van der Waals surface area contributed by atoms with Gasteiger partial charge in [0.1, 0.15) is 18.1 Å². The van der Waals surface area contributed by atoms with E-state index in [1.54, 1.807) is 7.11 Å². The molecule has 4 rings (SSSR count). The van der Waals surface area contributed by atoms with Crippen LogP contribution in [-0.2, 0) is 9.57 Å². The predicted octanol–water partition coefficient (Wildman–Crippen LogP) is 2.81. The molecule has 3 aliphatic rings. The molecule has 0 aromatic heterocycles. The molecule has 3 heterocycles. The van der Waals surface area contributed by atoms with Gasteiger partial charge >= 0.3 is 0 Å². The van der Waals surface area contributed by atoms with Crippen LogP contribution < -0.4 is 9.64 Å². The predicted molar refractivity (Wildman–Crippen MR) is 101 cm³/mol. The molecule has 0 radical (unpaired) electrons. The highest BCUT2D eigenvalue weighted by Gasteiger charge is 2.28. The Balaban J connectivity index is 1.64. The number of benzene rings is 1. The topological polar surface area (TPSA) is 58.9 Å². The fraction of sp³-hybridized carbons (Fsp3) is 0.368. The van der Waals surface area contributed by atoms with Crippen molar-refractivity contribution in [1.29, 1.82) is 0 Å². The summed E-state index contributed by atoms with van der Waals surface area (Å²) in [5.74, 6) is 2.32. The number of ether oxygens (including phenoxy) is 2. The Morgan fingerprint density at radius 1 is 1.31 bits per heavy atom. The Hall–Kier alpha value is -2.96. The molecular formula is C19H22N4O3. The number of fused-ring (bicyclic) bond motifs is 1. The van der Waals surface area contributed by atoms with Gasteiger partial charge in [-0.05, 0) is 38.1 Å². The van der Waals surface area contributed by atoms with Gasteiger partial charge in [-0.1, -0.05) is 5.16 Å². The van der Waals surface area contributed by atoms with Crippen LogP contribution in [0.15, 0.2) is 46.2 Å². The molecule has 1 atom stereocenters. The molecule has 3 aliphatic heterocycles. The molecule has 0 spiro atoms. The number of amidine groups is 1. The molecule has 1 aromatic rings. The first-order valence-corrected chi connectivity index (χ1v) is 8.66. The van der Waals surface area contributed by atoms with E-state index in [0.29, 0.717) is 6.61 Å². The number of hydrogen-bond donors (Lipinski definition) is 0. The lowest BCUT2D eigenvalue weighted by atomic mass is 10.1. The molecule has 1 unspecified atom stereocenters. The fourth-order valence-corrected chi connectivity index (χ4v) is 3.13. The fourth-order valence-electron chi connectivity index (χ4n) is 3.13. The van der Waals surface area contributed by atoms with E-state index in [1.807, 2.05) is 44.5 Å². The summed E-state index contributed by atoms with van der Waals surface area (Å²) in [5, 5.41) is 4.14. The largest absolute Gasteiger partial charge is 0.495 e. The molecule has 0 N–H and O–H groups in total. The van der Waals surface area contributed by atoms with Gasteiger partial charge < -0.3 is 24.1 Å². The van der Waals surface area contributed by atoms with Crippen LogP contribution in [-0.4, -0.2) is 50.1 Å². The zero-order valence-corrected chi connectivity index (χ0v) is 15.2. The Bertz CT molecular complexity index is 828. The average molecular weight is 354 g/mol. The van der Waals surface area contributed by atoms with E-state index >= 15 is 0 Å². The lowest BCUT2D eigenvalue weighted by molar-refractivity contribution is 0.0203. The average Bonchev–Trinajstić information content (AvgIpc) is 2.88. The zero-order valence-electron chi connectivity index (χ0n) is 15.2. The first-order chi connectivity index (χ1) is 12.7. The van der Waals surface area contributed by atoms with Crippen molar-refractivity contribution in [3.05, 3.63) is 41.6 Å². The van der Waals surface area contributed by atoms with E-state index in [4.69, 9.17) is 14.3 Å². The second-order valence-electron chi connectivity index (χ2n) is 6.33. The number of nitrogens with zero attached hydrogens (tertiary/aromatic N) is 4. The van der Waals surface area contributed by atoms with Crippen LogP contribution in [0.25, 0.3) is 5.76 Å². The van der Waals surface area contributed by atoms with Crippen LogP contribution in [0, 0.1) is 0 Å². The smallest absolute Gasteiger partial charge is 0.198 e. The van der Waals surface area contributed by atoms with E-state index in [0.717, 1.165) is 47.4 Å². The van der Waals surface area contributed by atoms with Crippen molar-refractivity contribution in [3.63, 3.8) is 0 Å². The van der Waals surface area contributed by atoms with E-state index in [2.05, 4.69) is 26.0 Å². The highest BCUT2D eigenvalue weighted by atomic mass is 16.7. The van der Waals surface area contributed by atoms with Crippen molar-refractivity contribution in [2.75, 3.05) is 31.7 Å². The van der Waals surface area contributed by atoms with Crippen LogP contribution in [0.5, 0.6) is 5.75 Å². The maximum atomic E-state index is 5.95. The molecule has 0 fully saturated rings. The normalized spacial score (nSPS) is 21.8. The molecule has 7 nitrogen and oxygen atoms in total. The van der Waals surface area contributed by atoms with Gasteiger partial charge in [0, 0.05) is 23.9 Å². The first-order valence-electron chi connectivity index (χ1n) is 8.66. The Kier molecular flexibility index (Phi) is 4.28. The lowest BCUT2D eigenvalue weighted by Gasteiger charge is -2.23. The van der Waals surface area contributed by atoms with Crippen molar-refractivity contribution in [1.82, 2.24) is 4.90 Å². The summed E-state index contributed by atoms with van der Waals surface area (Å²) in [6.45, 7) is 6.05. The minimum absolute atomic E-state index is 0.0592. The maximum absolute atomic E-state index is 5.95. The molecule has 0 saturated heterocycles. The van der Waals surface area contributed by atoms with Gasteiger partial charge in [-0.15, -0.1) is 0 Å². The van der Waals surface area contributed by atoms with Crippen LogP contribution in [0.2, 0.25) is 0 Å². The van der Waals surface area contributed by atoms with Gasteiger partial charge in [0.25, 0.3) is 0 Å². The number of oxime groups is 1. The highest BCUT2D eigenvalue weighted by molar-refractivity contribution is 5.99. The van der Waals surface area contributed by atoms with E-state index in [1.165, 1.54) is 0 Å². The third-order valence-corrected chi connectivity index (χ3v) is 4.64. The SMILES string of the molecule is COc1cc(C2=CC3=NOC(C)N3CCO2)ccc1N1C=NC(C)=CC1. The van der Waals surface area contributed by atoms with Gasteiger partial charge in [0.05, 0.1) is 25.7 Å². The van der Waals surface area contributed by atoms with Crippen molar-refractivity contribution >= 4 is 23.6 Å². The Morgan fingerprint density at radius 3 is 2.96 bits per heavy atom. The summed E-state index contributed by atoms with van der Waals surface area (Å²) in [4.78, 5) is 13.9. The van der Waals surface area contributed by atoms with E-state index in [-0.39, 0.29) is 6.23 Å². The second-order valence-corrected chi connectivity index (χ2v) is 6.33. The molecule has 0 saturated carbocycles. The monoisotopic (exact) mass is 354 g/mol. The summed E-state index contributed by atoms with van der Waals surface area (Å²) in [5.41, 5.74) is 2.93. The summed E-state index contributed by atoms with van der Waals surface area (Å²) in [7, 11) is 1.67. The Morgan fingerprint density at radius 2 is 2.19 bits per heavy atom. The molecule has 1 aromatic carbocycles. The molecule has 0 aliphatic carbocycles. The van der Waals surface area contributed by atoms with Crippen molar-refractivity contribution < 1.29 is 14.3 Å². The summed E-state index contributed by atoms with van der Waals surface area (Å²) in [6.07, 6.45) is 5.77. The lowest BCUT2D eigenvalue weighted by Crippen LogP contribution is -2.34. The van der Waals surface area contributed by atoms with Crippen LogP contribution in [0.4, 0.5) is 5.69 Å². The van der Waals surface area contributed by atoms with Gasteiger partial charge in [-0.2, -0.15) is 0 Å². The third kappa shape index (κ3) is 3.00. The molecule has 0 amide bonds. The molecular weight excluding hydrogens is 332 g/mol. The van der Waals surface area contributed by atoms with Gasteiger partial charge in [0.2, 0.25) is 0 Å². The van der Waals surface area contributed by atoms with Crippen molar-refractivity contribution in [2.24, 2.45) is 10.1 Å². The van der Waals surface area contributed by atoms with Crippen LogP contribution >= 0.6 is 0 Å². The molecule has 26 heavy (non-hydrogen) atoms.